The zero-order chi connectivity index (χ0) is 32.3. The highest BCUT2D eigenvalue weighted by atomic mass is 32.1. The number of amides is 1. The van der Waals surface area contributed by atoms with Crippen molar-refractivity contribution in [1.29, 1.82) is 0 Å². The largest absolute Gasteiger partial charge is 0.416 e. The van der Waals surface area contributed by atoms with E-state index in [1.807, 2.05) is 11.8 Å². The van der Waals surface area contributed by atoms with E-state index in [0.717, 1.165) is 50.7 Å². The number of nitrogens with zero attached hydrogens (tertiary/aromatic N) is 5. The molecule has 10 nitrogen and oxygen atoms in total. The van der Waals surface area contributed by atoms with Gasteiger partial charge < -0.3 is 26.6 Å². The van der Waals surface area contributed by atoms with E-state index in [9.17, 15) is 18.0 Å². The fourth-order valence-corrected chi connectivity index (χ4v) is 6.45. The number of nitrogen functional groups attached to an aromatic ring is 1. The Morgan fingerprint density at radius 3 is 2.47 bits per heavy atom. The normalized spacial score (nSPS) is 19.5. The molecule has 2 fully saturated rings. The molecule has 0 radical (unpaired) electrons. The lowest BCUT2D eigenvalue weighted by atomic mass is 10.0. The first-order chi connectivity index (χ1) is 21.4. The average molecular weight is 644 g/mol. The summed E-state index contributed by atoms with van der Waals surface area (Å²) in [5.41, 5.74) is 13.8. The number of likely N-dealkylation sites (N-methyl/N-ethyl adjacent to an activating group) is 1. The molecular formula is C31H40F3N9OS. The van der Waals surface area contributed by atoms with Crippen molar-refractivity contribution in [2.24, 2.45) is 11.6 Å². The minimum Gasteiger partial charge on any atom is -0.396 e. The lowest BCUT2D eigenvalue weighted by Crippen LogP contribution is -2.52. The molecule has 0 bridgehead atoms. The van der Waals surface area contributed by atoms with Crippen LogP contribution in [0.25, 0.3) is 5.70 Å². The first-order valence-corrected chi connectivity index (χ1v) is 15.7. The van der Waals surface area contributed by atoms with Gasteiger partial charge in [-0.3, -0.25) is 14.7 Å². The van der Waals surface area contributed by atoms with E-state index in [0.29, 0.717) is 51.8 Å². The minimum atomic E-state index is -4.56. The van der Waals surface area contributed by atoms with Gasteiger partial charge in [-0.2, -0.15) is 13.2 Å². The topological polar surface area (TPSA) is 133 Å². The summed E-state index contributed by atoms with van der Waals surface area (Å²) in [6, 6.07) is 4.22. The van der Waals surface area contributed by atoms with Crippen LogP contribution in [-0.2, 0) is 11.0 Å². The molecule has 7 N–H and O–H groups in total. The van der Waals surface area contributed by atoms with Crippen molar-refractivity contribution in [2.75, 3.05) is 62.3 Å². The number of hydrogen-bond donors (Lipinski definition) is 4. The van der Waals surface area contributed by atoms with Crippen LogP contribution in [-0.4, -0.2) is 78.1 Å². The summed E-state index contributed by atoms with van der Waals surface area (Å²) in [4.78, 5) is 24.8. The fraction of sp³-hybridized carbons (Fsp3) is 0.419. The van der Waals surface area contributed by atoms with Gasteiger partial charge in [0, 0.05) is 74.7 Å². The third-order valence-corrected chi connectivity index (χ3v) is 9.37. The Labute approximate surface area is 265 Å². The van der Waals surface area contributed by atoms with Gasteiger partial charge in [0.05, 0.1) is 21.8 Å². The highest BCUT2D eigenvalue weighted by Crippen LogP contribution is 2.36. The Bertz CT molecular complexity index is 1510. The molecule has 1 amide bonds. The highest BCUT2D eigenvalue weighted by Gasteiger charge is 2.33. The number of anilines is 3. The molecule has 2 saturated heterocycles. The molecule has 0 saturated carbocycles. The van der Waals surface area contributed by atoms with Crippen molar-refractivity contribution < 1.29 is 18.0 Å². The summed E-state index contributed by atoms with van der Waals surface area (Å²) in [5.74, 6) is 5.79. The fourth-order valence-electron chi connectivity index (χ4n) is 5.85. The van der Waals surface area contributed by atoms with E-state index in [2.05, 4.69) is 27.1 Å². The van der Waals surface area contributed by atoms with Crippen molar-refractivity contribution in [1.82, 2.24) is 19.8 Å². The van der Waals surface area contributed by atoms with Gasteiger partial charge in [-0.05, 0) is 57.0 Å². The van der Waals surface area contributed by atoms with Gasteiger partial charge in [-0.25, -0.2) is 10.8 Å². The van der Waals surface area contributed by atoms with Crippen molar-refractivity contribution >= 4 is 39.4 Å². The average Bonchev–Trinajstić information content (AvgIpc) is 3.34. The standard InChI is InChI=1S/C31H40F3N9OS/c1-20-3-4-21(5-6-27(20)43(37)19-26(35)28-18-38-30(36)45-28)29(44)39-23-15-22(31(32,33)34)16-25(17-23)41-9-7-24(8-10-41)42-13-11-40(2)12-14-42/h3-4,6,15-19,24H,5,7-14,35,37H2,1-2H3,(H2,36,38)(H,39,44)/b26-19-. The van der Waals surface area contributed by atoms with Gasteiger partial charge >= 0.3 is 6.18 Å². The number of aromatic nitrogens is 1. The number of carbonyl (C=O) groups excluding carboxylic acids is 1. The molecule has 2 aromatic rings. The number of piperidine rings is 1. The second kappa shape index (κ2) is 13.6. The molecule has 2 aliphatic heterocycles. The number of alkyl halides is 3. The van der Waals surface area contributed by atoms with E-state index in [1.54, 1.807) is 36.7 Å². The van der Waals surface area contributed by atoms with Crippen molar-refractivity contribution in [3.8, 4) is 0 Å². The van der Waals surface area contributed by atoms with Crippen LogP contribution in [0.3, 0.4) is 0 Å². The van der Waals surface area contributed by atoms with Crippen LogP contribution in [0.5, 0.6) is 0 Å². The Kier molecular flexibility index (Phi) is 9.87. The Balaban J connectivity index is 1.27. The third-order valence-electron chi connectivity index (χ3n) is 8.50. The molecule has 242 valence electrons. The summed E-state index contributed by atoms with van der Waals surface area (Å²) in [7, 11) is 2.12. The number of benzene rings is 1. The Morgan fingerprint density at radius 2 is 1.82 bits per heavy atom. The van der Waals surface area contributed by atoms with E-state index in [-0.39, 0.29) is 12.1 Å². The van der Waals surface area contributed by atoms with Crippen LogP contribution in [0, 0.1) is 0 Å². The molecule has 1 aromatic heterocycles. The number of carbonyl (C=O) groups is 1. The highest BCUT2D eigenvalue weighted by molar-refractivity contribution is 7.16. The first-order valence-electron chi connectivity index (χ1n) is 14.9. The molecule has 0 atom stereocenters. The summed E-state index contributed by atoms with van der Waals surface area (Å²) in [5, 5.41) is 4.45. The van der Waals surface area contributed by atoms with Crippen LogP contribution >= 0.6 is 11.3 Å². The third kappa shape index (κ3) is 8.06. The number of nitrogens with two attached hydrogens (primary N) is 3. The lowest BCUT2D eigenvalue weighted by Gasteiger charge is -2.42. The van der Waals surface area contributed by atoms with Crippen LogP contribution in [0.2, 0.25) is 0 Å². The molecule has 0 spiro atoms. The van der Waals surface area contributed by atoms with Crippen LogP contribution in [0.1, 0.15) is 36.6 Å². The van der Waals surface area contributed by atoms with Gasteiger partial charge in [-0.15, -0.1) is 0 Å². The molecule has 5 rings (SSSR count). The SMILES string of the molecule is CC1=CC=C(C(=O)Nc2cc(N3CCC(N4CCN(C)CC4)CC3)cc(C(F)(F)F)c2)CC=C1N(N)/C=C(\N)c1cnc(N)s1. The van der Waals surface area contributed by atoms with E-state index >= 15 is 0 Å². The predicted octanol–water partition coefficient (Wildman–Crippen LogP) is 4.19. The van der Waals surface area contributed by atoms with Crippen molar-refractivity contribution in [2.45, 2.75) is 38.4 Å². The Morgan fingerprint density at radius 1 is 1.11 bits per heavy atom. The summed E-state index contributed by atoms with van der Waals surface area (Å²) in [6.07, 6.45) is 5.67. The van der Waals surface area contributed by atoms with Crippen molar-refractivity contribution in [3.63, 3.8) is 0 Å². The quantitative estimate of drug-likeness (QED) is 0.259. The van der Waals surface area contributed by atoms with Gasteiger partial charge in [0.25, 0.3) is 5.91 Å². The second-order valence-electron chi connectivity index (χ2n) is 11.7. The molecule has 3 heterocycles. The zero-order valence-electron chi connectivity index (χ0n) is 25.5. The van der Waals surface area contributed by atoms with Gasteiger partial charge in [0.1, 0.15) is 0 Å². The summed E-state index contributed by atoms with van der Waals surface area (Å²) in [6.45, 7) is 7.22. The molecule has 1 aromatic carbocycles. The minimum absolute atomic E-state index is 0.0982. The second-order valence-corrected chi connectivity index (χ2v) is 12.7. The zero-order valence-corrected chi connectivity index (χ0v) is 26.3. The van der Waals surface area contributed by atoms with Gasteiger partial charge in [-0.1, -0.05) is 29.6 Å². The van der Waals surface area contributed by atoms with Crippen molar-refractivity contribution in [3.05, 3.63) is 76.1 Å². The smallest absolute Gasteiger partial charge is 0.396 e. The predicted molar refractivity (Wildman–Crippen MR) is 174 cm³/mol. The maximum atomic E-state index is 14.0. The number of hydrogen-bond acceptors (Lipinski definition) is 10. The number of halogens is 3. The number of nitrogens with one attached hydrogen (secondary N) is 1. The lowest BCUT2D eigenvalue weighted by molar-refractivity contribution is -0.137. The maximum absolute atomic E-state index is 14.0. The molecule has 0 unspecified atom stereocenters. The van der Waals surface area contributed by atoms with Crippen LogP contribution < -0.4 is 27.5 Å². The van der Waals surface area contributed by atoms with Gasteiger partial charge in [0.15, 0.2) is 5.13 Å². The van der Waals surface area contributed by atoms with Crippen LogP contribution in [0.4, 0.5) is 29.7 Å². The number of piperazine rings is 1. The monoisotopic (exact) mass is 643 g/mol. The van der Waals surface area contributed by atoms with Gasteiger partial charge in [0.2, 0.25) is 0 Å². The van der Waals surface area contributed by atoms with Crippen LogP contribution in [0.15, 0.2) is 65.7 Å². The molecule has 45 heavy (non-hydrogen) atoms. The molecular weight excluding hydrogens is 603 g/mol. The molecule has 3 aliphatic rings. The first kappa shape index (κ1) is 32.5. The van der Waals surface area contributed by atoms with E-state index < -0.39 is 17.6 Å². The molecule has 14 heteroatoms. The number of hydrazine groups is 1. The number of thiazole rings is 1. The molecule has 1 aliphatic carbocycles. The Hall–Kier alpha value is -3.85. The maximum Gasteiger partial charge on any atom is 0.416 e. The summed E-state index contributed by atoms with van der Waals surface area (Å²) < 4.78 is 41.9. The number of allylic oxidation sites excluding steroid dienone is 4. The number of rotatable bonds is 7. The summed E-state index contributed by atoms with van der Waals surface area (Å²) >= 11 is 1.23. The van der Waals surface area contributed by atoms with E-state index in [1.165, 1.54) is 22.4 Å². The van der Waals surface area contributed by atoms with E-state index in [4.69, 9.17) is 17.3 Å².